The van der Waals surface area contributed by atoms with Crippen LogP contribution in [0.25, 0.3) is 0 Å². The number of aliphatic hydroxyl groups excluding tert-OH is 33. The van der Waals surface area contributed by atoms with Crippen LogP contribution in [0.1, 0.15) is 19.3 Å². The molecule has 11 rings (SSSR count). The van der Waals surface area contributed by atoms with Crippen molar-refractivity contribution in [2.75, 3.05) is 72.7 Å². The topological polar surface area (TPSA) is 1140 Å². The first-order chi connectivity index (χ1) is 67.5. The van der Waals surface area contributed by atoms with Crippen LogP contribution in [0.2, 0.25) is 0 Å². The summed E-state index contributed by atoms with van der Waals surface area (Å²) in [6, 6.07) is -7.29. The van der Waals surface area contributed by atoms with E-state index in [1.807, 2.05) is 0 Å². The Morgan fingerprint density at radius 1 is 0.319 bits per heavy atom. The van der Waals surface area contributed by atoms with Crippen LogP contribution in [0.5, 0.6) is 0 Å². The molecule has 838 valence electrons. The number of carbonyl (C=O) groups is 3. The van der Waals surface area contributed by atoms with E-state index in [0.29, 0.717) is 0 Å². The maximum Gasteiger partial charge on any atom is 0.470 e. The van der Waals surface area contributed by atoms with E-state index in [4.69, 9.17) is 127 Å². The average molecular weight is 2140 g/mol. The highest BCUT2D eigenvalue weighted by Gasteiger charge is 2.67. The van der Waals surface area contributed by atoms with Crippen LogP contribution in [-0.2, 0) is 123 Å². The molecule has 0 unspecified atom stereocenters. The average Bonchev–Trinajstić information content (AvgIpc) is 0.736. The van der Waals surface area contributed by atoms with Gasteiger partial charge in [-0.15, -0.1) is 0 Å². The second-order valence-corrected chi connectivity index (χ2v) is 37.3. The summed E-state index contributed by atoms with van der Waals surface area (Å²) in [5.41, 5.74) is 24.0. The van der Waals surface area contributed by atoms with Crippen LogP contribution in [0, 0.1) is 0 Å². The van der Waals surface area contributed by atoms with Crippen LogP contribution in [0.4, 0.5) is 0 Å². The summed E-state index contributed by atoms with van der Waals surface area (Å²) in [5, 5.41) is 401. The molecule has 46 N–H and O–H groups in total. The van der Waals surface area contributed by atoms with Gasteiger partial charge in [0, 0.05) is 19.3 Å². The molecule has 69 heteroatoms. The first-order valence-corrected chi connectivity index (χ1v) is 46.2. The number of hydrogen-bond acceptors (Lipinski definition) is 63. The summed E-state index contributed by atoms with van der Waals surface area (Å²) in [5.74, 6) is -17.6. The molecule has 0 saturated carbocycles. The fraction of sp³-hybridized carbons (Fsp3) is 0.960. The fourth-order valence-corrected chi connectivity index (χ4v) is 18.7. The monoisotopic (exact) mass is 2140 g/mol. The minimum absolute atomic E-state index is 0.989. The third-order valence-electron chi connectivity index (χ3n) is 26.4. The molecular formula is C75H129N4O64P. The van der Waals surface area contributed by atoms with E-state index in [1.54, 1.807) is 0 Å². The Hall–Kier alpha value is -3.80. The molecule has 11 saturated heterocycles. The van der Waals surface area contributed by atoms with Crippen molar-refractivity contribution in [3.8, 4) is 0 Å². The van der Waals surface area contributed by atoms with Gasteiger partial charge < -0.3 is 316 Å². The molecule has 0 aromatic carbocycles. The van der Waals surface area contributed by atoms with Gasteiger partial charge >= 0.3 is 25.7 Å². The van der Waals surface area contributed by atoms with E-state index in [1.165, 1.54) is 0 Å². The van der Waals surface area contributed by atoms with Crippen LogP contribution in [0.15, 0.2) is 0 Å². The molecule has 11 fully saturated rings. The summed E-state index contributed by atoms with van der Waals surface area (Å²) >= 11 is 0. The Balaban J connectivity index is 0.940. The van der Waals surface area contributed by atoms with Crippen molar-refractivity contribution in [2.24, 2.45) is 22.9 Å². The van der Waals surface area contributed by atoms with Crippen molar-refractivity contribution in [3.05, 3.63) is 0 Å². The predicted molar refractivity (Wildman–Crippen MR) is 433 cm³/mol. The van der Waals surface area contributed by atoms with Crippen LogP contribution < -0.4 is 22.9 Å². The van der Waals surface area contributed by atoms with E-state index in [9.17, 15) is 213 Å². The quantitative estimate of drug-likeness (QED) is 0.0252. The van der Waals surface area contributed by atoms with E-state index in [0.717, 1.165) is 0 Å². The zero-order valence-electron chi connectivity index (χ0n) is 75.0. The van der Waals surface area contributed by atoms with E-state index in [2.05, 4.69) is 0 Å². The minimum atomic E-state index is -5.94. The third-order valence-corrected chi connectivity index (χ3v) is 26.9. The van der Waals surface area contributed by atoms with Crippen molar-refractivity contribution < 1.29 is 317 Å². The molecule has 11 aliphatic rings. The van der Waals surface area contributed by atoms with Crippen LogP contribution >= 0.6 is 7.82 Å². The van der Waals surface area contributed by atoms with Gasteiger partial charge in [-0.2, -0.15) is 0 Å². The molecule has 0 spiro atoms. The number of phosphoric acid groups is 1. The molecule has 11 heterocycles. The van der Waals surface area contributed by atoms with Gasteiger partial charge in [0.1, 0.15) is 244 Å². The highest BCUT2D eigenvalue weighted by molar-refractivity contribution is 7.46. The van der Waals surface area contributed by atoms with Crippen molar-refractivity contribution in [3.63, 3.8) is 0 Å². The molecule has 0 aliphatic carbocycles. The number of aliphatic hydroxyl groups is 33. The second kappa shape index (κ2) is 50.2. The van der Waals surface area contributed by atoms with Crippen LogP contribution in [0.3, 0.4) is 0 Å². The summed E-state index contributed by atoms with van der Waals surface area (Å²) in [4.78, 5) is 61.5. The highest BCUT2D eigenvalue weighted by Crippen LogP contribution is 2.48. The number of carboxylic acids is 3. The molecule has 0 bridgehead atoms. The standard InChI is InChI=1S/C75H129N4O64P/c76-29-15(88)1-73(70(113)114,142-58(29)34(96)17(90)4-80)123-13-27-37(99)41(103)46(108)65(129-27)133-54-24(10-86)127-66(47(109)44(54)106)134-55-25(11-87)128-67(48(110)45(55)107)138-61-52(20(93)7-83)132-68(49(111)59(61)136-69-60(43(105)42(104)50(131-69)18(91)5-81)137-64-31(78)39(101)35(97)23(9-85)126-64)135-57-22(139-75(72(117)118)2-16(89)33(95)51(140-75)19(92)6-82)3-74(71(115)116,141-53(57)21(94)8-84)124-14-28-56(143-144(119,120)121)40(102)32(79)63(130-28)122-12-26-36(98)38(100)30(77)62(112)125-26/h15-69,80-112H,1-14,76-79H2,(H,113,114)(H,115,116)(H,117,118)(H2,119,120,121)/t15-,16+,17+,18-,19+,20-,21+,22+,23+,24+,25+,26+,27+,28+,29+,30+,31+,32+,33+,34+,35+,36+,37-,38+,39+,40+,41-,42-,43-,44+,45+,46+,47+,48+,49-,50+,51+,52+,53+,54-,55+,56+,57+,58+,59+,60-,61+,62-,63+,64+,65+,66-,67-,68+,69+,73+,74+,75+/m0/s1. The lowest BCUT2D eigenvalue weighted by Crippen LogP contribution is -2.71. The molecule has 0 radical (unpaired) electrons. The minimum Gasteiger partial charge on any atom is -0.477 e. The van der Waals surface area contributed by atoms with Gasteiger partial charge in [-0.25, -0.2) is 18.9 Å². The molecule has 11 aliphatic heterocycles. The van der Waals surface area contributed by atoms with Gasteiger partial charge in [0.2, 0.25) is 0 Å². The first kappa shape index (κ1) is 120. The number of aliphatic carboxylic acids is 3. The van der Waals surface area contributed by atoms with Crippen molar-refractivity contribution in [1.29, 1.82) is 0 Å². The van der Waals surface area contributed by atoms with E-state index >= 15 is 0 Å². The molecule has 58 atom stereocenters. The van der Waals surface area contributed by atoms with Gasteiger partial charge in [0.15, 0.2) is 50.3 Å². The van der Waals surface area contributed by atoms with Crippen molar-refractivity contribution in [1.82, 2.24) is 0 Å². The largest absolute Gasteiger partial charge is 0.477 e. The van der Waals surface area contributed by atoms with Crippen molar-refractivity contribution >= 4 is 25.7 Å². The highest BCUT2D eigenvalue weighted by atomic mass is 31.2. The normalized spacial score (nSPS) is 48.8. The predicted octanol–water partition coefficient (Wildman–Crippen LogP) is -27.4. The SMILES string of the molecule is N[C@@H]1[C@@H](O)[C@H](O)[C@@H](CO[C@@H]2O[C@H](CO[C@]3(C(=O)O)C[C@@H](O[C@]4(C(=O)O)C[C@@H](O)[C@@H](O)[C@@H]([C@H](O)CO)O4)[C@@H](O[C@H]4O[C@H]([C@@H](O)CO)[C@@H](O[C@@H]5O[C@H](CO)[C@@H](O[C@@H]6O[C@H](CO)[C@H](O[C@H]7O[C@H](CO[C@]8(C(=O)O)C[C@H](O)[C@@H](N)[C@H]([C@H](O)[C@H](O)CO)O8)[C@H](O)[C@H](O)[C@H]7O)[C@H](O)[C@H]6O)[C@H](O)[C@H]5O)[C@H](O[C@H]5O[C@H]([C@@H](O)CO)[C@@H](O)[C@H](O)[C@@H]5O[C@H]5O[C@H](CO)[C@@H](O)[C@H](O)[C@H]5N)[C@@H]4O)[C@@H]([C@H](O)CO)O3)[C@@H](OP(=O)(O)O)[C@H](O)[C@H]2N)O[C@@H]1O. The van der Waals surface area contributed by atoms with Crippen LogP contribution in [-0.4, -0.2) is 639 Å². The zero-order valence-corrected chi connectivity index (χ0v) is 75.9. The fourth-order valence-electron chi connectivity index (χ4n) is 18.1. The Bertz CT molecular complexity index is 4070. The smallest absolute Gasteiger partial charge is 0.470 e. The lowest BCUT2D eigenvalue weighted by molar-refractivity contribution is -0.421. The Labute approximate surface area is 809 Å². The molecule has 144 heavy (non-hydrogen) atoms. The number of ether oxygens (including phenoxy) is 21. The molecule has 0 amide bonds. The molecule has 68 nitrogen and oxygen atoms in total. The van der Waals surface area contributed by atoms with Gasteiger partial charge in [-0.1, -0.05) is 0 Å². The number of phosphoric ester groups is 1. The Morgan fingerprint density at radius 2 is 0.722 bits per heavy atom. The maximum absolute atomic E-state index is 14.4. The van der Waals surface area contributed by atoms with Gasteiger partial charge in [0.05, 0.1) is 115 Å². The summed E-state index contributed by atoms with van der Waals surface area (Å²) < 4.78 is 140. The van der Waals surface area contributed by atoms with Gasteiger partial charge in [-0.3, -0.25) is 4.52 Å². The summed E-state index contributed by atoms with van der Waals surface area (Å²) in [6.07, 6.45) is -128. The molecule has 0 aromatic heterocycles. The van der Waals surface area contributed by atoms with E-state index in [-0.39, 0.29) is 0 Å². The Morgan fingerprint density at radius 3 is 1.26 bits per heavy atom. The summed E-state index contributed by atoms with van der Waals surface area (Å²) in [6.45, 7) is -15.2. The van der Waals surface area contributed by atoms with E-state index < -0.39 is 472 Å². The van der Waals surface area contributed by atoms with Crippen molar-refractivity contribution in [2.45, 2.75) is 374 Å². The zero-order chi connectivity index (χ0) is 107. The molecule has 0 aromatic rings. The number of nitrogens with two attached hydrogens (primary N) is 4. The first-order valence-electron chi connectivity index (χ1n) is 44.7. The third kappa shape index (κ3) is 25.5. The lowest BCUT2D eigenvalue weighted by Gasteiger charge is -2.53. The van der Waals surface area contributed by atoms with Gasteiger partial charge in [0.25, 0.3) is 17.4 Å². The lowest BCUT2D eigenvalue weighted by atomic mass is 9.89. The number of hydrogen-bond donors (Lipinski definition) is 42. The second-order valence-electron chi connectivity index (χ2n) is 36.1. The number of rotatable bonds is 42. The summed E-state index contributed by atoms with van der Waals surface area (Å²) in [7, 11) is -5.94. The maximum atomic E-state index is 14.4. The number of carboxylic acid groups (broad SMARTS) is 3. The van der Waals surface area contributed by atoms with Gasteiger partial charge in [-0.05, 0) is 0 Å². The molecular weight excluding hydrogens is 2010 g/mol. The Kier molecular flexibility index (Phi) is 42.0.